The minimum atomic E-state index is -0.434. The molecule has 0 saturated carbocycles. The quantitative estimate of drug-likeness (QED) is 0.213. The van der Waals surface area contributed by atoms with Crippen LogP contribution < -0.4 is 27.2 Å². The van der Waals surface area contributed by atoms with Crippen LogP contribution in [0.2, 0.25) is 0 Å². The Hall–Kier alpha value is -3.41. The number of rotatable bonds is 6. The first-order valence-electron chi connectivity index (χ1n) is 10.8. The molecule has 1 saturated heterocycles. The summed E-state index contributed by atoms with van der Waals surface area (Å²) in [6.45, 7) is 4.32. The molecule has 1 fully saturated rings. The van der Waals surface area contributed by atoms with E-state index in [-0.39, 0.29) is 6.03 Å². The lowest BCUT2D eigenvalue weighted by atomic mass is 9.95. The maximum absolute atomic E-state index is 12.0. The lowest BCUT2D eigenvalue weighted by molar-refractivity contribution is 0.0953. The highest BCUT2D eigenvalue weighted by Gasteiger charge is 2.21. The first-order chi connectivity index (χ1) is 16.1. The number of hydrogen-bond acceptors (Lipinski definition) is 8. The zero-order chi connectivity index (χ0) is 23.2. The molecule has 1 aliphatic rings. The molecule has 3 aromatic heterocycles. The molecule has 172 valence electrons. The van der Waals surface area contributed by atoms with E-state index in [1.165, 1.54) is 6.20 Å². The van der Waals surface area contributed by atoms with Gasteiger partial charge in [-0.15, -0.1) is 11.3 Å². The number of anilines is 1. The predicted molar refractivity (Wildman–Crippen MR) is 128 cm³/mol. The second kappa shape index (κ2) is 10.5. The van der Waals surface area contributed by atoms with Gasteiger partial charge in [0.1, 0.15) is 10.8 Å². The summed E-state index contributed by atoms with van der Waals surface area (Å²) < 4.78 is 0. The number of piperidine rings is 1. The molecule has 3 amide bonds. The summed E-state index contributed by atoms with van der Waals surface area (Å²) in [6.07, 6.45) is 6.87. The van der Waals surface area contributed by atoms with Crippen molar-refractivity contribution in [3.63, 3.8) is 0 Å². The lowest BCUT2D eigenvalue weighted by Crippen LogP contribution is -2.30. The highest BCUT2D eigenvalue weighted by atomic mass is 32.1. The van der Waals surface area contributed by atoms with Gasteiger partial charge in [-0.2, -0.15) is 0 Å². The van der Waals surface area contributed by atoms with Crippen LogP contribution in [0.25, 0.3) is 21.7 Å². The van der Waals surface area contributed by atoms with Crippen LogP contribution in [0, 0.1) is 0 Å². The topological polar surface area (TPSA) is 147 Å². The Balaban J connectivity index is 1.75. The van der Waals surface area contributed by atoms with Crippen LogP contribution >= 0.6 is 11.3 Å². The van der Waals surface area contributed by atoms with Gasteiger partial charge in [-0.05, 0) is 45.0 Å². The van der Waals surface area contributed by atoms with E-state index in [0.717, 1.165) is 47.8 Å². The molecule has 1 aliphatic heterocycles. The maximum atomic E-state index is 12.0. The fraction of sp³-hybridized carbons (Fsp3) is 0.318. The summed E-state index contributed by atoms with van der Waals surface area (Å²) in [5.41, 5.74) is 5.78. The van der Waals surface area contributed by atoms with Crippen LogP contribution in [0.4, 0.5) is 10.6 Å². The molecule has 0 radical (unpaired) electrons. The van der Waals surface area contributed by atoms with Crippen LogP contribution in [-0.2, 0) is 0 Å². The first-order valence-corrected chi connectivity index (χ1v) is 11.6. The number of carbonyl (C=O) groups excluding carboxylic acids is 2. The number of nitrogens with zero attached hydrogens (tertiary/aromatic N) is 3. The van der Waals surface area contributed by atoms with Gasteiger partial charge in [0.2, 0.25) is 0 Å². The summed E-state index contributed by atoms with van der Waals surface area (Å²) in [4.78, 5) is 37.6. The van der Waals surface area contributed by atoms with Crippen LogP contribution in [-0.4, -0.2) is 46.5 Å². The van der Waals surface area contributed by atoms with E-state index < -0.39 is 5.91 Å². The van der Waals surface area contributed by atoms with Crippen LogP contribution in [0.5, 0.6) is 0 Å². The molecule has 0 aromatic carbocycles. The lowest BCUT2D eigenvalue weighted by Gasteiger charge is -2.20. The molecular weight excluding hydrogens is 440 g/mol. The standard InChI is InChI=1S/C22H26N8O2S/c1-2-26-22(32)29-19-8-16(21-28-18(12-33-21)13-3-5-24-6-4-13)17(11-27-19)14-7-15(10-25-9-14)20(31)30-23/h7-13,24H,2-6,23H2,1H3,(H,30,31)(H2,26,27,29,32). The molecule has 0 atom stereocenters. The smallest absolute Gasteiger partial charge is 0.320 e. The maximum Gasteiger partial charge on any atom is 0.320 e. The second-order valence-electron chi connectivity index (χ2n) is 7.64. The zero-order valence-electron chi connectivity index (χ0n) is 18.2. The molecule has 10 nitrogen and oxygen atoms in total. The number of aromatic nitrogens is 3. The van der Waals surface area contributed by atoms with Crippen LogP contribution in [0.3, 0.4) is 0 Å². The Labute approximate surface area is 195 Å². The fourth-order valence-corrected chi connectivity index (χ4v) is 4.69. The van der Waals surface area contributed by atoms with Crippen molar-refractivity contribution in [1.29, 1.82) is 0 Å². The van der Waals surface area contributed by atoms with E-state index in [1.807, 2.05) is 6.92 Å². The Morgan fingerprint density at radius 1 is 1.18 bits per heavy atom. The molecule has 0 spiro atoms. The molecule has 6 N–H and O–H groups in total. The molecule has 0 bridgehead atoms. The minimum absolute atomic E-state index is 0.332. The number of thiazole rings is 1. The number of amides is 3. The molecule has 0 unspecified atom stereocenters. The number of hydrogen-bond donors (Lipinski definition) is 5. The number of urea groups is 1. The number of hydrazine groups is 1. The number of pyridine rings is 2. The van der Waals surface area contributed by atoms with Crippen LogP contribution in [0.15, 0.2) is 36.1 Å². The average molecular weight is 467 g/mol. The summed E-state index contributed by atoms with van der Waals surface area (Å²) in [5, 5.41) is 11.7. The minimum Gasteiger partial charge on any atom is -0.338 e. The third-order valence-corrected chi connectivity index (χ3v) is 6.33. The fourth-order valence-electron chi connectivity index (χ4n) is 3.76. The van der Waals surface area contributed by atoms with Crippen LogP contribution in [0.1, 0.15) is 41.7 Å². The van der Waals surface area contributed by atoms with Gasteiger partial charge in [0.15, 0.2) is 0 Å². The van der Waals surface area contributed by atoms with Crippen molar-refractivity contribution in [2.75, 3.05) is 25.0 Å². The van der Waals surface area contributed by atoms with Crippen molar-refractivity contribution in [2.24, 2.45) is 5.84 Å². The van der Waals surface area contributed by atoms with E-state index in [4.69, 9.17) is 10.8 Å². The van der Waals surface area contributed by atoms with Crippen molar-refractivity contribution in [2.45, 2.75) is 25.7 Å². The predicted octanol–water partition coefficient (Wildman–Crippen LogP) is 2.48. The van der Waals surface area contributed by atoms with Crippen molar-refractivity contribution in [3.8, 4) is 21.7 Å². The number of nitrogens with two attached hydrogens (primary N) is 1. The SMILES string of the molecule is CCNC(=O)Nc1cc(-c2nc(C3CCNCC3)cs2)c(-c2cncc(C(=O)NN)c2)cn1. The van der Waals surface area contributed by atoms with Crippen molar-refractivity contribution < 1.29 is 9.59 Å². The third-order valence-electron chi connectivity index (χ3n) is 5.44. The highest BCUT2D eigenvalue weighted by Crippen LogP contribution is 2.37. The van der Waals surface area contributed by atoms with Gasteiger partial charge in [0.05, 0.1) is 11.3 Å². The molecule has 33 heavy (non-hydrogen) atoms. The normalized spacial score (nSPS) is 14.0. The van der Waals surface area contributed by atoms with Crippen molar-refractivity contribution in [1.82, 2.24) is 31.0 Å². The number of nitrogen functional groups attached to an aromatic ring is 1. The molecule has 11 heteroatoms. The summed E-state index contributed by atoms with van der Waals surface area (Å²) >= 11 is 1.55. The zero-order valence-corrected chi connectivity index (χ0v) is 19.0. The van der Waals surface area contributed by atoms with Crippen molar-refractivity contribution in [3.05, 3.63) is 47.4 Å². The largest absolute Gasteiger partial charge is 0.338 e. The van der Waals surface area contributed by atoms with Gasteiger partial charge >= 0.3 is 6.03 Å². The van der Waals surface area contributed by atoms with Gasteiger partial charge < -0.3 is 10.6 Å². The number of carbonyl (C=O) groups is 2. The van der Waals surface area contributed by atoms with E-state index in [2.05, 4.69) is 36.7 Å². The highest BCUT2D eigenvalue weighted by molar-refractivity contribution is 7.13. The van der Waals surface area contributed by atoms with E-state index in [1.54, 1.807) is 35.9 Å². The summed E-state index contributed by atoms with van der Waals surface area (Å²) in [5.74, 6) is 5.67. The molecule has 3 aromatic rings. The number of nitrogens with one attached hydrogen (secondary N) is 4. The molecule has 4 heterocycles. The van der Waals surface area contributed by atoms with Gasteiger partial charge in [0.25, 0.3) is 5.91 Å². The third kappa shape index (κ3) is 5.33. The van der Waals surface area contributed by atoms with Gasteiger partial charge in [-0.3, -0.25) is 20.5 Å². The average Bonchev–Trinajstić information content (AvgIpc) is 3.34. The Morgan fingerprint density at radius 3 is 2.76 bits per heavy atom. The molecule has 0 aliphatic carbocycles. The monoisotopic (exact) mass is 466 g/mol. The van der Waals surface area contributed by atoms with Gasteiger partial charge in [0, 0.05) is 53.1 Å². The Kier molecular flexibility index (Phi) is 7.23. The summed E-state index contributed by atoms with van der Waals surface area (Å²) in [7, 11) is 0. The summed E-state index contributed by atoms with van der Waals surface area (Å²) in [6, 6.07) is 3.17. The van der Waals surface area contributed by atoms with Gasteiger partial charge in [-0.1, -0.05) is 0 Å². The molecular formula is C22H26N8O2S. The Morgan fingerprint density at radius 2 is 2.00 bits per heavy atom. The Bertz CT molecular complexity index is 1140. The first kappa shape index (κ1) is 22.8. The van der Waals surface area contributed by atoms with E-state index in [9.17, 15) is 9.59 Å². The van der Waals surface area contributed by atoms with Gasteiger partial charge in [-0.25, -0.2) is 20.6 Å². The van der Waals surface area contributed by atoms with E-state index >= 15 is 0 Å². The second-order valence-corrected chi connectivity index (χ2v) is 8.50. The molecule has 4 rings (SSSR count). The van der Waals surface area contributed by atoms with Crippen molar-refractivity contribution >= 4 is 29.1 Å². The van der Waals surface area contributed by atoms with E-state index in [0.29, 0.717) is 29.4 Å².